The molecule has 0 aliphatic carbocycles. The standard InChI is InChI=1S/C12H11NO4/c1-17-12(16)10-5-8(2-3-11(14)15)4-9(6-10)7-13/h4-6H,2-3H2,1H3,(H,14,15). The first kappa shape index (κ1) is 12.7. The van der Waals surface area contributed by atoms with Crippen molar-refractivity contribution in [1.29, 1.82) is 5.26 Å². The van der Waals surface area contributed by atoms with Gasteiger partial charge in [0, 0.05) is 6.42 Å². The van der Waals surface area contributed by atoms with E-state index in [4.69, 9.17) is 10.4 Å². The number of ether oxygens (including phenoxy) is 1. The lowest BCUT2D eigenvalue weighted by Gasteiger charge is -2.04. The van der Waals surface area contributed by atoms with Crippen LogP contribution in [0.2, 0.25) is 0 Å². The van der Waals surface area contributed by atoms with Gasteiger partial charge in [0.1, 0.15) is 0 Å². The Hall–Kier alpha value is -2.35. The van der Waals surface area contributed by atoms with E-state index in [2.05, 4.69) is 4.74 Å². The topological polar surface area (TPSA) is 87.4 Å². The molecular formula is C12H11NO4. The van der Waals surface area contributed by atoms with E-state index < -0.39 is 11.9 Å². The van der Waals surface area contributed by atoms with Crippen LogP contribution in [-0.4, -0.2) is 24.2 Å². The zero-order valence-electron chi connectivity index (χ0n) is 9.27. The number of nitriles is 1. The van der Waals surface area contributed by atoms with Crippen LogP contribution in [0.3, 0.4) is 0 Å². The first-order valence-electron chi connectivity index (χ1n) is 4.91. The third kappa shape index (κ3) is 3.61. The third-order valence-corrected chi connectivity index (χ3v) is 2.17. The molecule has 1 aromatic rings. The quantitative estimate of drug-likeness (QED) is 0.793. The summed E-state index contributed by atoms with van der Waals surface area (Å²) in [5.74, 6) is -1.47. The average Bonchev–Trinajstić information content (AvgIpc) is 2.34. The Kier molecular flexibility index (Phi) is 4.23. The number of methoxy groups -OCH3 is 1. The van der Waals surface area contributed by atoms with Gasteiger partial charge in [-0.2, -0.15) is 5.26 Å². The van der Waals surface area contributed by atoms with Gasteiger partial charge in [-0.1, -0.05) is 0 Å². The molecule has 0 aliphatic heterocycles. The second-order valence-electron chi connectivity index (χ2n) is 3.42. The fourth-order valence-corrected chi connectivity index (χ4v) is 1.39. The van der Waals surface area contributed by atoms with Crippen molar-refractivity contribution in [3.05, 3.63) is 34.9 Å². The number of esters is 1. The molecule has 0 bridgehead atoms. The molecule has 5 heteroatoms. The molecule has 0 radical (unpaired) electrons. The largest absolute Gasteiger partial charge is 0.481 e. The minimum atomic E-state index is -0.924. The Morgan fingerprint density at radius 2 is 2.12 bits per heavy atom. The number of benzene rings is 1. The van der Waals surface area contributed by atoms with Crippen molar-refractivity contribution >= 4 is 11.9 Å². The Morgan fingerprint density at radius 3 is 2.65 bits per heavy atom. The molecule has 0 saturated heterocycles. The number of carbonyl (C=O) groups excluding carboxylic acids is 1. The third-order valence-electron chi connectivity index (χ3n) is 2.17. The van der Waals surface area contributed by atoms with Crippen LogP contribution in [0, 0.1) is 11.3 Å². The Bertz CT molecular complexity index is 488. The number of carboxylic acid groups (broad SMARTS) is 1. The second kappa shape index (κ2) is 5.66. The van der Waals surface area contributed by atoms with Crippen molar-refractivity contribution in [2.24, 2.45) is 0 Å². The normalized spacial score (nSPS) is 9.41. The highest BCUT2D eigenvalue weighted by Gasteiger charge is 2.09. The lowest BCUT2D eigenvalue weighted by Crippen LogP contribution is -2.04. The van der Waals surface area contributed by atoms with Crippen LogP contribution in [0.1, 0.15) is 27.9 Å². The molecule has 0 spiro atoms. The molecule has 0 heterocycles. The van der Waals surface area contributed by atoms with Crippen LogP contribution in [0.4, 0.5) is 0 Å². The Morgan fingerprint density at radius 1 is 1.41 bits per heavy atom. The number of aryl methyl sites for hydroxylation is 1. The van der Waals surface area contributed by atoms with Crippen molar-refractivity contribution in [3.63, 3.8) is 0 Å². The summed E-state index contributed by atoms with van der Waals surface area (Å²) >= 11 is 0. The summed E-state index contributed by atoms with van der Waals surface area (Å²) in [5, 5.41) is 17.4. The molecule has 17 heavy (non-hydrogen) atoms. The summed E-state index contributed by atoms with van der Waals surface area (Å²) in [6, 6.07) is 6.43. The molecule has 0 fully saturated rings. The Balaban J connectivity index is 3.02. The van der Waals surface area contributed by atoms with Crippen LogP contribution >= 0.6 is 0 Å². The summed E-state index contributed by atoms with van der Waals surface area (Å²) in [5.41, 5.74) is 1.20. The molecule has 1 rings (SSSR count). The number of aliphatic carboxylic acids is 1. The minimum Gasteiger partial charge on any atom is -0.481 e. The van der Waals surface area contributed by atoms with Gasteiger partial charge in [0.05, 0.1) is 24.3 Å². The van der Waals surface area contributed by atoms with Gasteiger partial charge in [0.25, 0.3) is 0 Å². The molecule has 0 saturated carbocycles. The zero-order chi connectivity index (χ0) is 12.8. The van der Waals surface area contributed by atoms with Crippen molar-refractivity contribution in [2.45, 2.75) is 12.8 Å². The van der Waals surface area contributed by atoms with Gasteiger partial charge in [-0.3, -0.25) is 4.79 Å². The van der Waals surface area contributed by atoms with E-state index in [9.17, 15) is 9.59 Å². The van der Waals surface area contributed by atoms with Gasteiger partial charge in [-0.15, -0.1) is 0 Å². The SMILES string of the molecule is COC(=O)c1cc(C#N)cc(CCC(=O)O)c1. The first-order valence-corrected chi connectivity index (χ1v) is 4.91. The molecule has 0 aliphatic rings. The lowest BCUT2D eigenvalue weighted by molar-refractivity contribution is -0.136. The smallest absolute Gasteiger partial charge is 0.337 e. The number of hydrogen-bond donors (Lipinski definition) is 1. The highest BCUT2D eigenvalue weighted by Crippen LogP contribution is 2.12. The van der Waals surface area contributed by atoms with Crippen LogP contribution in [0.25, 0.3) is 0 Å². The van der Waals surface area contributed by atoms with Crippen molar-refractivity contribution in [1.82, 2.24) is 0 Å². The summed E-state index contributed by atoms with van der Waals surface area (Å²) < 4.78 is 4.55. The molecule has 88 valence electrons. The number of nitrogens with zero attached hydrogens (tertiary/aromatic N) is 1. The predicted molar refractivity (Wildman–Crippen MR) is 58.5 cm³/mol. The summed E-state index contributed by atoms with van der Waals surface area (Å²) in [6.45, 7) is 0. The van der Waals surface area contributed by atoms with Crippen LogP contribution < -0.4 is 0 Å². The van der Waals surface area contributed by atoms with E-state index in [0.29, 0.717) is 11.1 Å². The van der Waals surface area contributed by atoms with Crippen LogP contribution in [-0.2, 0) is 16.0 Å². The highest BCUT2D eigenvalue weighted by atomic mass is 16.5. The second-order valence-corrected chi connectivity index (χ2v) is 3.42. The average molecular weight is 233 g/mol. The maximum atomic E-state index is 11.3. The molecule has 0 aromatic heterocycles. The molecule has 0 unspecified atom stereocenters. The predicted octanol–water partition coefficient (Wildman–Crippen LogP) is 1.36. The van der Waals surface area contributed by atoms with Gasteiger partial charge in [0.2, 0.25) is 0 Å². The van der Waals surface area contributed by atoms with Gasteiger partial charge < -0.3 is 9.84 Å². The van der Waals surface area contributed by atoms with E-state index in [-0.39, 0.29) is 18.4 Å². The molecule has 5 nitrogen and oxygen atoms in total. The number of hydrogen-bond acceptors (Lipinski definition) is 4. The van der Waals surface area contributed by atoms with E-state index >= 15 is 0 Å². The van der Waals surface area contributed by atoms with Crippen molar-refractivity contribution in [3.8, 4) is 6.07 Å². The van der Waals surface area contributed by atoms with E-state index in [1.165, 1.54) is 19.2 Å². The molecular weight excluding hydrogens is 222 g/mol. The fourth-order valence-electron chi connectivity index (χ4n) is 1.39. The molecule has 1 aromatic carbocycles. The van der Waals surface area contributed by atoms with E-state index in [0.717, 1.165) is 0 Å². The number of carbonyl (C=O) groups is 2. The fraction of sp³-hybridized carbons (Fsp3) is 0.250. The van der Waals surface area contributed by atoms with E-state index in [1.54, 1.807) is 6.07 Å². The summed E-state index contributed by atoms with van der Waals surface area (Å²) in [6.07, 6.45) is 0.227. The van der Waals surface area contributed by atoms with Crippen molar-refractivity contribution < 1.29 is 19.4 Å². The lowest BCUT2D eigenvalue weighted by atomic mass is 10.0. The van der Waals surface area contributed by atoms with Gasteiger partial charge in [0.15, 0.2) is 0 Å². The van der Waals surface area contributed by atoms with Crippen LogP contribution in [0.15, 0.2) is 18.2 Å². The first-order chi connectivity index (χ1) is 8.06. The molecule has 1 N–H and O–H groups in total. The van der Waals surface area contributed by atoms with Crippen LogP contribution in [0.5, 0.6) is 0 Å². The van der Waals surface area contributed by atoms with Gasteiger partial charge in [-0.05, 0) is 30.2 Å². The van der Waals surface area contributed by atoms with Gasteiger partial charge >= 0.3 is 11.9 Å². The minimum absolute atomic E-state index is 0.0461. The monoisotopic (exact) mass is 233 g/mol. The maximum Gasteiger partial charge on any atom is 0.337 e. The van der Waals surface area contributed by atoms with E-state index in [1.807, 2.05) is 6.07 Å². The maximum absolute atomic E-state index is 11.3. The summed E-state index contributed by atoms with van der Waals surface area (Å²) in [7, 11) is 1.25. The molecule has 0 amide bonds. The zero-order valence-corrected chi connectivity index (χ0v) is 9.27. The summed E-state index contributed by atoms with van der Waals surface area (Å²) in [4.78, 5) is 21.8. The van der Waals surface area contributed by atoms with Crippen molar-refractivity contribution in [2.75, 3.05) is 7.11 Å². The number of carboxylic acids is 1. The highest BCUT2D eigenvalue weighted by molar-refractivity contribution is 5.90. The number of rotatable bonds is 4. The van der Waals surface area contributed by atoms with Gasteiger partial charge in [-0.25, -0.2) is 4.79 Å². The Labute approximate surface area is 98.2 Å². The molecule has 0 atom stereocenters.